The Kier molecular flexibility index (Phi) is 5.22. The summed E-state index contributed by atoms with van der Waals surface area (Å²) in [6.07, 6.45) is -3.52. The molecule has 0 amide bonds. The monoisotopic (exact) mass is 358 g/mol. The highest BCUT2D eigenvalue weighted by Crippen LogP contribution is 2.26. The summed E-state index contributed by atoms with van der Waals surface area (Å²) in [4.78, 5) is 2.39. The van der Waals surface area contributed by atoms with Crippen LogP contribution < -0.4 is 5.32 Å². The summed E-state index contributed by atoms with van der Waals surface area (Å²) in [5.41, 5.74) is 1.37. The van der Waals surface area contributed by atoms with Crippen LogP contribution in [-0.4, -0.2) is 36.8 Å². The average Bonchev–Trinajstić information content (AvgIpc) is 3.16. The van der Waals surface area contributed by atoms with E-state index in [-0.39, 0.29) is 11.9 Å². The SMILES string of the molecule is Fc1cc(-c2cccs2)ccc1CNC1CCN(CC(F)(F)F)C1. The van der Waals surface area contributed by atoms with Gasteiger partial charge in [-0.05, 0) is 29.5 Å². The van der Waals surface area contributed by atoms with Gasteiger partial charge in [-0.3, -0.25) is 4.90 Å². The van der Waals surface area contributed by atoms with Gasteiger partial charge in [0.2, 0.25) is 0 Å². The molecule has 1 unspecified atom stereocenters. The highest BCUT2D eigenvalue weighted by Gasteiger charge is 2.34. The van der Waals surface area contributed by atoms with Crippen LogP contribution in [0.15, 0.2) is 35.7 Å². The van der Waals surface area contributed by atoms with Crippen molar-refractivity contribution in [3.8, 4) is 10.4 Å². The Balaban J connectivity index is 1.54. The summed E-state index contributed by atoms with van der Waals surface area (Å²) in [5.74, 6) is -0.293. The van der Waals surface area contributed by atoms with Crippen molar-refractivity contribution in [3.63, 3.8) is 0 Å². The van der Waals surface area contributed by atoms with Crippen LogP contribution in [0.5, 0.6) is 0 Å². The van der Waals surface area contributed by atoms with E-state index >= 15 is 0 Å². The summed E-state index contributed by atoms with van der Waals surface area (Å²) >= 11 is 1.55. The molecule has 1 saturated heterocycles. The van der Waals surface area contributed by atoms with E-state index in [1.54, 1.807) is 17.4 Å². The van der Waals surface area contributed by atoms with Crippen LogP contribution in [-0.2, 0) is 6.54 Å². The first-order chi connectivity index (χ1) is 11.4. The van der Waals surface area contributed by atoms with Gasteiger partial charge >= 0.3 is 6.18 Å². The Morgan fingerprint density at radius 1 is 1.25 bits per heavy atom. The predicted molar refractivity (Wildman–Crippen MR) is 87.5 cm³/mol. The van der Waals surface area contributed by atoms with E-state index in [0.717, 1.165) is 10.4 Å². The van der Waals surface area contributed by atoms with Crippen molar-refractivity contribution in [2.45, 2.75) is 25.2 Å². The number of thiophene rings is 1. The minimum absolute atomic E-state index is 0.0382. The summed E-state index contributed by atoms with van der Waals surface area (Å²) in [6, 6.07) is 8.93. The highest BCUT2D eigenvalue weighted by atomic mass is 32.1. The first-order valence-corrected chi connectivity index (χ1v) is 8.63. The second kappa shape index (κ2) is 7.21. The van der Waals surface area contributed by atoms with Crippen LogP contribution in [0.3, 0.4) is 0 Å². The lowest BCUT2D eigenvalue weighted by Crippen LogP contribution is -2.36. The number of likely N-dealkylation sites (tertiary alicyclic amines) is 1. The third-order valence-corrected chi connectivity index (χ3v) is 5.03. The molecule has 0 saturated carbocycles. The smallest absolute Gasteiger partial charge is 0.308 e. The number of benzene rings is 1. The molecule has 24 heavy (non-hydrogen) atoms. The number of rotatable bonds is 5. The number of alkyl halides is 3. The molecule has 1 aliphatic rings. The Bertz CT molecular complexity index is 670. The number of hydrogen-bond acceptors (Lipinski definition) is 3. The normalized spacial score (nSPS) is 19.1. The number of hydrogen-bond donors (Lipinski definition) is 1. The first kappa shape index (κ1) is 17.4. The van der Waals surface area contributed by atoms with Crippen LogP contribution in [0.1, 0.15) is 12.0 Å². The summed E-state index contributed by atoms with van der Waals surface area (Å²) < 4.78 is 51.4. The molecule has 130 valence electrons. The Morgan fingerprint density at radius 2 is 2.08 bits per heavy atom. The third-order valence-electron chi connectivity index (χ3n) is 4.12. The minimum Gasteiger partial charge on any atom is -0.308 e. The van der Waals surface area contributed by atoms with Gasteiger partial charge in [-0.2, -0.15) is 13.2 Å². The molecule has 2 aromatic rings. The van der Waals surface area contributed by atoms with Crippen molar-refractivity contribution < 1.29 is 17.6 Å². The maximum atomic E-state index is 14.2. The summed E-state index contributed by atoms with van der Waals surface area (Å²) in [6.45, 7) is 0.196. The van der Waals surface area contributed by atoms with Crippen molar-refractivity contribution in [1.29, 1.82) is 0 Å². The molecular formula is C17H18F4N2S. The van der Waals surface area contributed by atoms with E-state index in [1.165, 1.54) is 11.0 Å². The standard InChI is InChI=1S/C17H18F4N2S/c18-15-8-12(16-2-1-7-24-16)3-4-13(15)9-22-14-5-6-23(10-14)11-17(19,20)21/h1-4,7-8,14,22H,5-6,9-11H2. The lowest BCUT2D eigenvalue weighted by molar-refractivity contribution is -0.143. The van der Waals surface area contributed by atoms with Gasteiger partial charge in [0.05, 0.1) is 6.54 Å². The van der Waals surface area contributed by atoms with Crippen LogP contribution >= 0.6 is 11.3 Å². The van der Waals surface area contributed by atoms with E-state index < -0.39 is 12.7 Å². The molecule has 2 heterocycles. The Labute approximate surface area is 142 Å². The fourth-order valence-corrected chi connectivity index (χ4v) is 3.66. The highest BCUT2D eigenvalue weighted by molar-refractivity contribution is 7.13. The topological polar surface area (TPSA) is 15.3 Å². The van der Waals surface area contributed by atoms with Crippen molar-refractivity contribution in [2.24, 2.45) is 0 Å². The second-order valence-electron chi connectivity index (χ2n) is 6.00. The van der Waals surface area contributed by atoms with Crippen molar-refractivity contribution >= 4 is 11.3 Å². The molecule has 1 aromatic heterocycles. The van der Waals surface area contributed by atoms with Gasteiger partial charge < -0.3 is 5.32 Å². The first-order valence-electron chi connectivity index (χ1n) is 7.75. The van der Waals surface area contributed by atoms with Gasteiger partial charge in [0.1, 0.15) is 5.82 Å². The summed E-state index contributed by atoms with van der Waals surface area (Å²) in [7, 11) is 0. The van der Waals surface area contributed by atoms with E-state index in [2.05, 4.69) is 5.32 Å². The van der Waals surface area contributed by atoms with Gasteiger partial charge in [-0.1, -0.05) is 18.2 Å². The van der Waals surface area contributed by atoms with E-state index in [0.29, 0.717) is 31.6 Å². The minimum atomic E-state index is -4.17. The molecular weight excluding hydrogens is 340 g/mol. The molecule has 7 heteroatoms. The molecule has 1 aromatic carbocycles. The van der Waals surface area contributed by atoms with Crippen LogP contribution in [0, 0.1) is 5.82 Å². The van der Waals surface area contributed by atoms with Gasteiger partial charge in [0.15, 0.2) is 0 Å². The van der Waals surface area contributed by atoms with E-state index in [4.69, 9.17) is 0 Å². The zero-order chi connectivity index (χ0) is 17.2. The molecule has 1 atom stereocenters. The fraction of sp³-hybridized carbons (Fsp3) is 0.412. The fourth-order valence-electron chi connectivity index (χ4n) is 2.94. The van der Waals surface area contributed by atoms with Gasteiger partial charge in [-0.25, -0.2) is 4.39 Å². The van der Waals surface area contributed by atoms with Gasteiger partial charge in [-0.15, -0.1) is 11.3 Å². The van der Waals surface area contributed by atoms with Crippen LogP contribution in [0.25, 0.3) is 10.4 Å². The molecule has 2 nitrogen and oxygen atoms in total. The predicted octanol–water partition coefficient (Wildman–Crippen LogP) is 4.28. The van der Waals surface area contributed by atoms with Crippen molar-refractivity contribution in [1.82, 2.24) is 10.2 Å². The van der Waals surface area contributed by atoms with Gasteiger partial charge in [0.25, 0.3) is 0 Å². The number of halogens is 4. The molecule has 0 radical (unpaired) electrons. The van der Waals surface area contributed by atoms with Crippen LogP contribution in [0.4, 0.5) is 17.6 Å². The van der Waals surface area contributed by atoms with E-state index in [1.807, 2.05) is 23.6 Å². The molecule has 1 fully saturated rings. The van der Waals surface area contributed by atoms with Crippen molar-refractivity contribution in [3.05, 3.63) is 47.1 Å². The molecule has 0 bridgehead atoms. The van der Waals surface area contributed by atoms with Crippen molar-refractivity contribution in [2.75, 3.05) is 19.6 Å². The largest absolute Gasteiger partial charge is 0.401 e. The number of nitrogens with zero attached hydrogens (tertiary/aromatic N) is 1. The molecule has 1 N–H and O–H groups in total. The molecule has 0 aliphatic carbocycles. The second-order valence-corrected chi connectivity index (χ2v) is 6.95. The molecule has 1 aliphatic heterocycles. The van der Waals surface area contributed by atoms with Crippen LogP contribution in [0.2, 0.25) is 0 Å². The molecule has 3 rings (SSSR count). The summed E-state index contributed by atoms with van der Waals surface area (Å²) in [5, 5.41) is 5.10. The maximum Gasteiger partial charge on any atom is 0.401 e. The quantitative estimate of drug-likeness (QED) is 0.803. The zero-order valence-electron chi connectivity index (χ0n) is 12.9. The average molecular weight is 358 g/mol. The maximum absolute atomic E-state index is 14.2. The number of nitrogens with one attached hydrogen (secondary N) is 1. The van der Waals surface area contributed by atoms with Gasteiger partial charge in [0, 0.05) is 36.1 Å². The lowest BCUT2D eigenvalue weighted by atomic mass is 10.1. The zero-order valence-corrected chi connectivity index (χ0v) is 13.8. The molecule has 0 spiro atoms. The third kappa shape index (κ3) is 4.55. The Hall–Kier alpha value is -1.44. The van der Waals surface area contributed by atoms with E-state index in [9.17, 15) is 17.6 Å². The Morgan fingerprint density at radius 3 is 2.75 bits per heavy atom. The lowest BCUT2D eigenvalue weighted by Gasteiger charge is -2.18.